The Morgan fingerprint density at radius 2 is 2.28 bits per heavy atom. The minimum absolute atomic E-state index is 0.150. The summed E-state index contributed by atoms with van der Waals surface area (Å²) in [6.07, 6.45) is 3.22. The topological polar surface area (TPSA) is 75.6 Å². The highest BCUT2D eigenvalue weighted by atomic mass is 16.1. The smallest absolute Gasteiger partial charge is 0.268 e. The minimum Gasteiger partial charge on any atom is -0.357 e. The van der Waals surface area contributed by atoms with Gasteiger partial charge in [-0.05, 0) is 32.9 Å². The molecule has 6 heteroatoms. The van der Waals surface area contributed by atoms with Crippen molar-refractivity contribution in [3.63, 3.8) is 0 Å². The van der Waals surface area contributed by atoms with Crippen LogP contribution in [0.1, 0.15) is 37.1 Å². The van der Waals surface area contributed by atoms with Crippen LogP contribution in [0.4, 0.5) is 0 Å². The lowest BCUT2D eigenvalue weighted by Crippen LogP contribution is -2.30. The van der Waals surface area contributed by atoms with Gasteiger partial charge in [0.25, 0.3) is 5.91 Å². The third-order valence-electron chi connectivity index (χ3n) is 2.50. The lowest BCUT2D eigenvalue weighted by atomic mass is 10.1. The van der Waals surface area contributed by atoms with Gasteiger partial charge in [-0.15, -0.1) is 0 Å². The van der Waals surface area contributed by atoms with E-state index in [1.54, 1.807) is 18.3 Å². The molecule has 6 nitrogen and oxygen atoms in total. The number of carbonyl (C=O) groups excluding carboxylic acids is 1. The number of hydrogen-bond donors (Lipinski definition) is 2. The van der Waals surface area contributed by atoms with Crippen molar-refractivity contribution in [2.24, 2.45) is 0 Å². The van der Waals surface area contributed by atoms with E-state index in [9.17, 15) is 4.79 Å². The quantitative estimate of drug-likeness (QED) is 0.858. The second-order valence-electron chi connectivity index (χ2n) is 5.03. The first-order chi connectivity index (χ1) is 8.48. The van der Waals surface area contributed by atoms with Crippen molar-refractivity contribution in [1.29, 1.82) is 0 Å². The Kier molecular flexibility index (Phi) is 3.18. The van der Waals surface area contributed by atoms with Crippen LogP contribution < -0.4 is 5.32 Å². The van der Waals surface area contributed by atoms with Crippen LogP contribution in [0.3, 0.4) is 0 Å². The molecule has 0 aliphatic heterocycles. The molecule has 0 fully saturated rings. The molecule has 18 heavy (non-hydrogen) atoms. The standard InChI is InChI=1S/C12H17N5O/c1-12(2,3)17-10(15-8-16-17)7-14-11(18)9-5-4-6-13-9/h4-6,8,13H,7H2,1-3H3,(H,14,18). The molecule has 0 atom stereocenters. The van der Waals surface area contributed by atoms with Gasteiger partial charge in [0.15, 0.2) is 0 Å². The Morgan fingerprint density at radius 3 is 2.89 bits per heavy atom. The van der Waals surface area contributed by atoms with Gasteiger partial charge in [0.1, 0.15) is 17.8 Å². The first-order valence-electron chi connectivity index (χ1n) is 5.79. The number of rotatable bonds is 3. The molecule has 2 rings (SSSR count). The lowest BCUT2D eigenvalue weighted by molar-refractivity contribution is 0.0944. The molecule has 0 saturated heterocycles. The molecule has 2 heterocycles. The van der Waals surface area contributed by atoms with Crippen LogP contribution >= 0.6 is 0 Å². The summed E-state index contributed by atoms with van der Waals surface area (Å²) >= 11 is 0. The molecule has 0 aromatic carbocycles. The average Bonchev–Trinajstić information content (AvgIpc) is 2.95. The Balaban J connectivity index is 2.03. The SMILES string of the molecule is CC(C)(C)n1ncnc1CNC(=O)c1ccc[nH]1. The van der Waals surface area contributed by atoms with Crippen molar-refractivity contribution < 1.29 is 4.79 Å². The predicted octanol–water partition coefficient (Wildman–Crippen LogP) is 1.29. The second kappa shape index (κ2) is 4.64. The van der Waals surface area contributed by atoms with E-state index in [2.05, 4.69) is 20.4 Å². The number of amides is 1. The number of nitrogens with zero attached hydrogens (tertiary/aromatic N) is 3. The lowest BCUT2D eigenvalue weighted by Gasteiger charge is -2.21. The zero-order valence-corrected chi connectivity index (χ0v) is 10.8. The number of nitrogens with one attached hydrogen (secondary N) is 2. The van der Waals surface area contributed by atoms with Gasteiger partial charge in [-0.25, -0.2) is 9.67 Å². The van der Waals surface area contributed by atoms with Crippen LogP contribution in [0.2, 0.25) is 0 Å². The Morgan fingerprint density at radius 1 is 1.50 bits per heavy atom. The highest BCUT2D eigenvalue weighted by Crippen LogP contribution is 2.13. The Hall–Kier alpha value is -2.11. The van der Waals surface area contributed by atoms with Crippen LogP contribution in [-0.2, 0) is 12.1 Å². The van der Waals surface area contributed by atoms with Gasteiger partial charge in [-0.1, -0.05) is 0 Å². The van der Waals surface area contributed by atoms with Gasteiger partial charge in [0.2, 0.25) is 0 Å². The fourth-order valence-corrected chi connectivity index (χ4v) is 1.67. The van der Waals surface area contributed by atoms with Gasteiger partial charge in [0.05, 0.1) is 12.1 Å². The molecule has 0 aliphatic rings. The van der Waals surface area contributed by atoms with E-state index in [0.717, 1.165) is 5.82 Å². The maximum atomic E-state index is 11.8. The van der Waals surface area contributed by atoms with E-state index in [4.69, 9.17) is 0 Å². The number of aromatic nitrogens is 4. The molecule has 0 unspecified atom stereocenters. The molecule has 0 bridgehead atoms. The van der Waals surface area contributed by atoms with Gasteiger partial charge < -0.3 is 10.3 Å². The third kappa shape index (κ3) is 2.58. The van der Waals surface area contributed by atoms with Gasteiger partial charge in [0, 0.05) is 6.20 Å². The zero-order valence-electron chi connectivity index (χ0n) is 10.8. The van der Waals surface area contributed by atoms with Crippen LogP contribution in [0, 0.1) is 0 Å². The summed E-state index contributed by atoms with van der Waals surface area (Å²) < 4.78 is 1.81. The Labute approximate surface area is 105 Å². The predicted molar refractivity (Wildman–Crippen MR) is 67.0 cm³/mol. The molecule has 0 saturated carbocycles. The van der Waals surface area contributed by atoms with E-state index in [-0.39, 0.29) is 11.4 Å². The summed E-state index contributed by atoms with van der Waals surface area (Å²) in [7, 11) is 0. The van der Waals surface area contributed by atoms with Crippen LogP contribution in [0.25, 0.3) is 0 Å². The van der Waals surface area contributed by atoms with Crippen molar-refractivity contribution >= 4 is 5.91 Å². The monoisotopic (exact) mass is 247 g/mol. The van der Waals surface area contributed by atoms with E-state index in [1.165, 1.54) is 6.33 Å². The maximum absolute atomic E-state index is 11.8. The molecule has 2 N–H and O–H groups in total. The molecular weight excluding hydrogens is 230 g/mol. The van der Waals surface area contributed by atoms with Gasteiger partial charge in [-0.3, -0.25) is 4.79 Å². The van der Waals surface area contributed by atoms with E-state index < -0.39 is 0 Å². The number of hydrogen-bond acceptors (Lipinski definition) is 3. The van der Waals surface area contributed by atoms with Crippen LogP contribution in [0.5, 0.6) is 0 Å². The average molecular weight is 247 g/mol. The summed E-state index contributed by atoms with van der Waals surface area (Å²) in [4.78, 5) is 18.8. The number of H-pyrrole nitrogens is 1. The molecule has 0 aliphatic carbocycles. The fraction of sp³-hybridized carbons (Fsp3) is 0.417. The minimum atomic E-state index is -0.150. The number of carbonyl (C=O) groups is 1. The highest BCUT2D eigenvalue weighted by Gasteiger charge is 2.18. The molecule has 0 radical (unpaired) electrons. The van der Waals surface area contributed by atoms with Crippen molar-refractivity contribution in [3.05, 3.63) is 36.2 Å². The summed E-state index contributed by atoms with van der Waals surface area (Å²) in [5.41, 5.74) is 0.389. The molecule has 0 spiro atoms. The first kappa shape index (κ1) is 12.3. The van der Waals surface area contributed by atoms with Crippen LogP contribution in [0.15, 0.2) is 24.7 Å². The van der Waals surface area contributed by atoms with Gasteiger partial charge >= 0.3 is 0 Å². The normalized spacial score (nSPS) is 11.5. The van der Waals surface area contributed by atoms with E-state index >= 15 is 0 Å². The summed E-state index contributed by atoms with van der Waals surface area (Å²) in [6.45, 7) is 6.48. The summed E-state index contributed by atoms with van der Waals surface area (Å²) in [5, 5.41) is 6.98. The van der Waals surface area contributed by atoms with Crippen molar-refractivity contribution in [1.82, 2.24) is 25.1 Å². The van der Waals surface area contributed by atoms with Crippen molar-refractivity contribution in [2.45, 2.75) is 32.9 Å². The van der Waals surface area contributed by atoms with E-state index in [0.29, 0.717) is 12.2 Å². The molecule has 1 amide bonds. The maximum Gasteiger partial charge on any atom is 0.268 e. The highest BCUT2D eigenvalue weighted by molar-refractivity contribution is 5.92. The van der Waals surface area contributed by atoms with Gasteiger partial charge in [-0.2, -0.15) is 5.10 Å². The molecular formula is C12H17N5O. The van der Waals surface area contributed by atoms with Crippen molar-refractivity contribution in [3.8, 4) is 0 Å². The molecule has 2 aromatic heterocycles. The summed E-state index contributed by atoms with van der Waals surface area (Å²) in [5.74, 6) is 0.589. The Bertz CT molecular complexity index is 521. The second-order valence-corrected chi connectivity index (χ2v) is 5.03. The number of aromatic amines is 1. The first-order valence-corrected chi connectivity index (χ1v) is 5.79. The fourth-order valence-electron chi connectivity index (χ4n) is 1.67. The summed E-state index contributed by atoms with van der Waals surface area (Å²) in [6, 6.07) is 3.51. The largest absolute Gasteiger partial charge is 0.357 e. The van der Waals surface area contributed by atoms with Crippen molar-refractivity contribution in [2.75, 3.05) is 0 Å². The van der Waals surface area contributed by atoms with E-state index in [1.807, 2.05) is 25.5 Å². The van der Waals surface area contributed by atoms with Crippen LogP contribution in [-0.4, -0.2) is 25.7 Å². The molecule has 96 valence electrons. The zero-order chi connectivity index (χ0) is 13.2. The molecule has 2 aromatic rings. The third-order valence-corrected chi connectivity index (χ3v) is 2.50.